The SMILES string of the molecule is CCc1cc(N2CCCC[C@@H]2C)nc(SCc2cccc(C(=O)NCC3CC3)c2)n1. The first-order chi connectivity index (χ1) is 14.6. The molecule has 30 heavy (non-hydrogen) atoms. The summed E-state index contributed by atoms with van der Waals surface area (Å²) in [4.78, 5) is 24.4. The minimum atomic E-state index is 0.0272. The number of thioether (sulfide) groups is 1. The lowest BCUT2D eigenvalue weighted by molar-refractivity contribution is 0.0951. The minimum absolute atomic E-state index is 0.0272. The van der Waals surface area contributed by atoms with Crippen LogP contribution in [0.15, 0.2) is 35.5 Å². The monoisotopic (exact) mass is 424 g/mol. The molecule has 1 aliphatic heterocycles. The van der Waals surface area contributed by atoms with Gasteiger partial charge in [0.05, 0.1) is 0 Å². The van der Waals surface area contributed by atoms with Gasteiger partial charge in [0, 0.05) is 42.2 Å². The molecule has 2 heterocycles. The Morgan fingerprint density at radius 3 is 2.83 bits per heavy atom. The average molecular weight is 425 g/mol. The molecule has 6 heteroatoms. The Morgan fingerprint density at radius 2 is 2.07 bits per heavy atom. The third-order valence-corrected chi connectivity index (χ3v) is 6.93. The molecule has 1 aromatic carbocycles. The number of carbonyl (C=O) groups is 1. The van der Waals surface area contributed by atoms with Crippen molar-refractivity contribution in [1.82, 2.24) is 15.3 Å². The Balaban J connectivity index is 1.43. The topological polar surface area (TPSA) is 58.1 Å². The van der Waals surface area contributed by atoms with Crippen LogP contribution in [0.1, 0.15) is 67.6 Å². The van der Waals surface area contributed by atoms with Gasteiger partial charge in [0.2, 0.25) is 0 Å². The Bertz CT molecular complexity index is 883. The predicted molar refractivity (Wildman–Crippen MR) is 123 cm³/mol. The molecular formula is C24H32N4OS. The molecular weight excluding hydrogens is 392 g/mol. The molecule has 1 saturated heterocycles. The van der Waals surface area contributed by atoms with Gasteiger partial charge in [-0.15, -0.1) is 0 Å². The summed E-state index contributed by atoms with van der Waals surface area (Å²) in [5.41, 5.74) is 2.95. The summed E-state index contributed by atoms with van der Waals surface area (Å²) in [7, 11) is 0. The van der Waals surface area contributed by atoms with Crippen molar-refractivity contribution in [2.75, 3.05) is 18.0 Å². The smallest absolute Gasteiger partial charge is 0.251 e. The second kappa shape index (κ2) is 9.82. The molecule has 0 unspecified atom stereocenters. The van der Waals surface area contributed by atoms with E-state index < -0.39 is 0 Å². The third-order valence-electron chi connectivity index (χ3n) is 6.01. The molecule has 4 rings (SSSR count). The number of aryl methyl sites for hydroxylation is 1. The highest BCUT2D eigenvalue weighted by Crippen LogP contribution is 2.28. The van der Waals surface area contributed by atoms with Crippen molar-refractivity contribution >= 4 is 23.5 Å². The zero-order valence-corrected chi connectivity index (χ0v) is 18.9. The van der Waals surface area contributed by atoms with E-state index in [4.69, 9.17) is 9.97 Å². The van der Waals surface area contributed by atoms with Gasteiger partial charge in [0.25, 0.3) is 5.91 Å². The number of anilines is 1. The fourth-order valence-corrected chi connectivity index (χ4v) is 4.72. The largest absolute Gasteiger partial charge is 0.354 e. The first-order valence-electron chi connectivity index (χ1n) is 11.3. The van der Waals surface area contributed by atoms with Crippen LogP contribution in [0.2, 0.25) is 0 Å². The summed E-state index contributed by atoms with van der Waals surface area (Å²) < 4.78 is 0. The van der Waals surface area contributed by atoms with E-state index in [0.29, 0.717) is 12.0 Å². The quantitative estimate of drug-likeness (QED) is 0.485. The number of hydrogen-bond donors (Lipinski definition) is 1. The van der Waals surface area contributed by atoms with Gasteiger partial charge in [-0.1, -0.05) is 30.8 Å². The molecule has 2 aromatic rings. The van der Waals surface area contributed by atoms with Crippen LogP contribution in [0.4, 0.5) is 5.82 Å². The molecule has 1 saturated carbocycles. The number of nitrogens with one attached hydrogen (secondary N) is 1. The number of rotatable bonds is 8. The average Bonchev–Trinajstić information content (AvgIpc) is 3.61. The van der Waals surface area contributed by atoms with E-state index in [2.05, 4.69) is 36.2 Å². The second-order valence-electron chi connectivity index (χ2n) is 8.53. The van der Waals surface area contributed by atoms with E-state index >= 15 is 0 Å². The fraction of sp³-hybridized carbons (Fsp3) is 0.542. The first-order valence-corrected chi connectivity index (χ1v) is 12.3. The van der Waals surface area contributed by atoms with Gasteiger partial charge in [-0.25, -0.2) is 9.97 Å². The number of carbonyl (C=O) groups excluding carboxylic acids is 1. The van der Waals surface area contributed by atoms with Crippen LogP contribution in [0.3, 0.4) is 0 Å². The molecule has 1 aliphatic carbocycles. The van der Waals surface area contributed by atoms with Crippen LogP contribution in [0.5, 0.6) is 0 Å². The number of aromatic nitrogens is 2. The first kappa shape index (κ1) is 21.2. The van der Waals surface area contributed by atoms with Crippen LogP contribution in [0, 0.1) is 5.92 Å². The molecule has 5 nitrogen and oxygen atoms in total. The van der Waals surface area contributed by atoms with E-state index in [0.717, 1.165) is 53.1 Å². The van der Waals surface area contributed by atoms with E-state index in [1.165, 1.54) is 32.1 Å². The maximum Gasteiger partial charge on any atom is 0.251 e. The number of benzene rings is 1. The summed E-state index contributed by atoms with van der Waals surface area (Å²) in [5.74, 6) is 2.53. The molecule has 0 spiro atoms. The standard InChI is InChI=1S/C24H32N4OS/c1-3-21-14-22(28-12-5-4-7-17(28)2)27-24(26-21)30-16-19-8-6-9-20(13-19)23(29)25-15-18-10-11-18/h6,8-9,13-14,17-18H,3-5,7,10-12,15-16H2,1-2H3,(H,25,29)/t17-/m0/s1. The lowest BCUT2D eigenvalue weighted by Gasteiger charge is -2.34. The minimum Gasteiger partial charge on any atom is -0.354 e. The molecule has 1 amide bonds. The molecule has 1 N–H and O–H groups in total. The highest BCUT2D eigenvalue weighted by molar-refractivity contribution is 7.98. The number of nitrogens with zero attached hydrogens (tertiary/aromatic N) is 3. The maximum atomic E-state index is 12.4. The molecule has 2 fully saturated rings. The van der Waals surface area contributed by atoms with Crippen molar-refractivity contribution in [3.05, 3.63) is 47.2 Å². The number of hydrogen-bond acceptors (Lipinski definition) is 5. The zero-order valence-electron chi connectivity index (χ0n) is 18.1. The lowest BCUT2D eigenvalue weighted by Crippen LogP contribution is -2.38. The van der Waals surface area contributed by atoms with Gasteiger partial charge >= 0.3 is 0 Å². The normalized spacial score (nSPS) is 19.0. The Kier molecular flexibility index (Phi) is 6.93. The van der Waals surface area contributed by atoms with Gasteiger partial charge < -0.3 is 10.2 Å². The third kappa shape index (κ3) is 5.54. The van der Waals surface area contributed by atoms with Crippen molar-refractivity contribution in [2.45, 2.75) is 69.3 Å². The van der Waals surface area contributed by atoms with Crippen LogP contribution < -0.4 is 10.2 Å². The lowest BCUT2D eigenvalue weighted by atomic mass is 10.0. The molecule has 0 radical (unpaired) electrons. The highest BCUT2D eigenvalue weighted by Gasteiger charge is 2.22. The van der Waals surface area contributed by atoms with Crippen LogP contribution in [-0.4, -0.2) is 35.0 Å². The Morgan fingerprint density at radius 1 is 1.20 bits per heavy atom. The summed E-state index contributed by atoms with van der Waals surface area (Å²) >= 11 is 1.65. The number of amides is 1. The molecule has 160 valence electrons. The highest BCUT2D eigenvalue weighted by atomic mass is 32.2. The van der Waals surface area contributed by atoms with Crippen LogP contribution in [-0.2, 0) is 12.2 Å². The Hall–Kier alpha value is -2.08. The molecule has 2 aliphatic rings. The fourth-order valence-electron chi connectivity index (χ4n) is 3.90. The van der Waals surface area contributed by atoms with Crippen molar-refractivity contribution < 1.29 is 4.79 Å². The van der Waals surface area contributed by atoms with Gasteiger partial charge in [-0.2, -0.15) is 0 Å². The van der Waals surface area contributed by atoms with Crippen LogP contribution >= 0.6 is 11.8 Å². The molecule has 1 aromatic heterocycles. The van der Waals surface area contributed by atoms with Gasteiger partial charge in [-0.3, -0.25) is 4.79 Å². The van der Waals surface area contributed by atoms with Crippen molar-refractivity contribution in [2.24, 2.45) is 5.92 Å². The van der Waals surface area contributed by atoms with E-state index in [1.807, 2.05) is 18.2 Å². The summed E-state index contributed by atoms with van der Waals surface area (Å²) in [5, 5.41) is 3.87. The van der Waals surface area contributed by atoms with E-state index in [1.54, 1.807) is 11.8 Å². The summed E-state index contributed by atoms with van der Waals surface area (Å²) in [6.07, 6.45) is 7.15. The van der Waals surface area contributed by atoms with Gasteiger partial charge in [0.15, 0.2) is 5.16 Å². The van der Waals surface area contributed by atoms with E-state index in [9.17, 15) is 4.79 Å². The second-order valence-corrected chi connectivity index (χ2v) is 9.48. The Labute approximate surface area is 184 Å². The zero-order chi connectivity index (χ0) is 20.9. The maximum absolute atomic E-state index is 12.4. The van der Waals surface area contributed by atoms with Crippen LogP contribution in [0.25, 0.3) is 0 Å². The summed E-state index contributed by atoms with van der Waals surface area (Å²) in [6.45, 7) is 6.31. The van der Waals surface area contributed by atoms with Gasteiger partial charge in [-0.05, 0) is 69.1 Å². The van der Waals surface area contributed by atoms with Crippen molar-refractivity contribution in [1.29, 1.82) is 0 Å². The van der Waals surface area contributed by atoms with Crippen molar-refractivity contribution in [3.8, 4) is 0 Å². The molecule has 1 atom stereocenters. The van der Waals surface area contributed by atoms with Gasteiger partial charge in [0.1, 0.15) is 5.82 Å². The van der Waals surface area contributed by atoms with E-state index in [-0.39, 0.29) is 5.91 Å². The van der Waals surface area contributed by atoms with Crippen molar-refractivity contribution in [3.63, 3.8) is 0 Å². The molecule has 0 bridgehead atoms. The summed E-state index contributed by atoms with van der Waals surface area (Å²) in [6, 6.07) is 10.6. The predicted octanol–water partition coefficient (Wildman–Crippen LogP) is 4.85. The number of piperidine rings is 1.